The van der Waals surface area contributed by atoms with Gasteiger partial charge in [-0.25, -0.2) is 0 Å². The Morgan fingerprint density at radius 2 is 1.60 bits per heavy atom. The molecule has 0 aromatic heterocycles. The highest BCUT2D eigenvalue weighted by Gasteiger charge is 2.38. The molecular weight excluding hydrogens is 376 g/mol. The molecule has 0 spiro atoms. The van der Waals surface area contributed by atoms with Crippen LogP contribution in [-0.2, 0) is 0 Å². The molecule has 1 aliphatic heterocycles. The molecule has 0 fully saturated rings. The number of aryl methyl sites for hydroxylation is 1. The standard InChI is InChI=1S/C21H17BrN2O/c1-14-8-2-7-13-19(14)24-20(23-18-12-6-5-11-17(18)22)15-9-3-4-10-16(15)21(24)25/h2-13,20,23H,1H3. The summed E-state index contributed by atoms with van der Waals surface area (Å²) in [6.07, 6.45) is -0.247. The van der Waals surface area contributed by atoms with Crippen molar-refractivity contribution in [3.8, 4) is 0 Å². The normalized spacial score (nSPS) is 16.0. The zero-order valence-electron chi connectivity index (χ0n) is 13.7. The summed E-state index contributed by atoms with van der Waals surface area (Å²) in [5.74, 6) is 0.0226. The molecule has 1 amide bonds. The zero-order chi connectivity index (χ0) is 17.4. The van der Waals surface area contributed by atoms with Crippen LogP contribution in [-0.4, -0.2) is 5.91 Å². The Balaban J connectivity index is 1.84. The summed E-state index contributed by atoms with van der Waals surface area (Å²) in [6.45, 7) is 2.03. The van der Waals surface area contributed by atoms with E-state index in [9.17, 15) is 4.79 Å². The van der Waals surface area contributed by atoms with Gasteiger partial charge in [-0.2, -0.15) is 0 Å². The van der Waals surface area contributed by atoms with E-state index in [0.717, 1.165) is 32.5 Å². The Kier molecular flexibility index (Phi) is 4.06. The minimum atomic E-state index is -0.247. The second-order valence-corrected chi connectivity index (χ2v) is 6.93. The molecule has 3 aromatic carbocycles. The molecule has 0 saturated heterocycles. The topological polar surface area (TPSA) is 32.3 Å². The van der Waals surface area contributed by atoms with Gasteiger partial charge in [-0.05, 0) is 52.7 Å². The van der Waals surface area contributed by atoms with Gasteiger partial charge in [-0.1, -0.05) is 48.5 Å². The average Bonchev–Trinajstić information content (AvgIpc) is 2.90. The van der Waals surface area contributed by atoms with Crippen LogP contribution in [0.3, 0.4) is 0 Å². The molecule has 1 unspecified atom stereocenters. The van der Waals surface area contributed by atoms with Crippen molar-refractivity contribution in [2.45, 2.75) is 13.1 Å². The van der Waals surface area contributed by atoms with Gasteiger partial charge in [0.25, 0.3) is 5.91 Å². The number of nitrogens with zero attached hydrogens (tertiary/aromatic N) is 1. The molecular formula is C21H17BrN2O. The molecule has 0 aliphatic carbocycles. The molecule has 0 radical (unpaired) electrons. The number of amides is 1. The minimum absolute atomic E-state index is 0.0226. The molecule has 1 aliphatic rings. The lowest BCUT2D eigenvalue weighted by Crippen LogP contribution is -2.32. The Morgan fingerprint density at radius 1 is 0.920 bits per heavy atom. The van der Waals surface area contributed by atoms with Crippen molar-refractivity contribution in [1.82, 2.24) is 0 Å². The van der Waals surface area contributed by atoms with E-state index in [1.54, 1.807) is 0 Å². The van der Waals surface area contributed by atoms with E-state index in [0.29, 0.717) is 0 Å². The summed E-state index contributed by atoms with van der Waals surface area (Å²) >= 11 is 3.58. The summed E-state index contributed by atoms with van der Waals surface area (Å²) in [4.78, 5) is 15.0. The van der Waals surface area contributed by atoms with Crippen LogP contribution in [0, 0.1) is 6.92 Å². The van der Waals surface area contributed by atoms with Gasteiger partial charge >= 0.3 is 0 Å². The largest absolute Gasteiger partial charge is 0.360 e. The summed E-state index contributed by atoms with van der Waals surface area (Å²) in [5.41, 5.74) is 4.69. The fourth-order valence-electron chi connectivity index (χ4n) is 3.27. The summed E-state index contributed by atoms with van der Waals surface area (Å²) in [5, 5.41) is 3.53. The van der Waals surface area contributed by atoms with Crippen LogP contribution in [0.5, 0.6) is 0 Å². The van der Waals surface area contributed by atoms with E-state index in [2.05, 4.69) is 21.2 Å². The van der Waals surface area contributed by atoms with E-state index in [-0.39, 0.29) is 12.1 Å². The third-order valence-corrected chi connectivity index (χ3v) is 5.20. The van der Waals surface area contributed by atoms with E-state index in [1.165, 1.54) is 0 Å². The van der Waals surface area contributed by atoms with Crippen molar-refractivity contribution < 1.29 is 4.79 Å². The smallest absolute Gasteiger partial charge is 0.260 e. The van der Waals surface area contributed by atoms with Crippen molar-refractivity contribution in [2.24, 2.45) is 0 Å². The van der Waals surface area contributed by atoms with Crippen LogP contribution in [0.25, 0.3) is 0 Å². The maximum Gasteiger partial charge on any atom is 0.260 e. The van der Waals surface area contributed by atoms with Crippen LogP contribution < -0.4 is 10.2 Å². The SMILES string of the molecule is Cc1ccccc1N1C(=O)c2ccccc2C1Nc1ccccc1Br. The van der Waals surface area contributed by atoms with Crippen molar-refractivity contribution in [3.05, 3.63) is 94.0 Å². The quantitative estimate of drug-likeness (QED) is 0.635. The number of para-hydroxylation sites is 2. The van der Waals surface area contributed by atoms with Crippen LogP contribution in [0.1, 0.15) is 27.7 Å². The minimum Gasteiger partial charge on any atom is -0.360 e. The molecule has 0 bridgehead atoms. The maximum absolute atomic E-state index is 13.1. The second kappa shape index (κ2) is 6.37. The van der Waals surface area contributed by atoms with Gasteiger partial charge in [-0.3, -0.25) is 9.69 Å². The van der Waals surface area contributed by atoms with Gasteiger partial charge in [0.05, 0.1) is 5.69 Å². The summed E-state index contributed by atoms with van der Waals surface area (Å²) in [7, 11) is 0. The number of benzene rings is 3. The number of carbonyl (C=O) groups excluding carboxylic acids is 1. The van der Waals surface area contributed by atoms with Gasteiger partial charge in [0, 0.05) is 21.3 Å². The first-order valence-electron chi connectivity index (χ1n) is 8.16. The number of carbonyl (C=O) groups is 1. The van der Waals surface area contributed by atoms with E-state index in [1.807, 2.05) is 84.6 Å². The summed E-state index contributed by atoms with van der Waals surface area (Å²) in [6, 6.07) is 23.7. The predicted molar refractivity (Wildman–Crippen MR) is 105 cm³/mol. The number of hydrogen-bond donors (Lipinski definition) is 1. The highest BCUT2D eigenvalue weighted by atomic mass is 79.9. The molecule has 0 saturated carbocycles. The Hall–Kier alpha value is -2.59. The van der Waals surface area contributed by atoms with Crippen molar-refractivity contribution >= 4 is 33.2 Å². The lowest BCUT2D eigenvalue weighted by molar-refractivity contribution is 0.0993. The third kappa shape index (κ3) is 2.72. The molecule has 3 nitrogen and oxygen atoms in total. The van der Waals surface area contributed by atoms with Gasteiger partial charge in [-0.15, -0.1) is 0 Å². The lowest BCUT2D eigenvalue weighted by Gasteiger charge is -2.28. The zero-order valence-corrected chi connectivity index (χ0v) is 15.3. The number of anilines is 2. The fraction of sp³-hybridized carbons (Fsp3) is 0.0952. The van der Waals surface area contributed by atoms with Crippen LogP contribution in [0.4, 0.5) is 11.4 Å². The van der Waals surface area contributed by atoms with Gasteiger partial charge < -0.3 is 5.32 Å². The number of hydrogen-bond acceptors (Lipinski definition) is 2. The van der Waals surface area contributed by atoms with E-state index in [4.69, 9.17) is 0 Å². The fourth-order valence-corrected chi connectivity index (χ4v) is 3.67. The molecule has 1 atom stereocenters. The van der Waals surface area contributed by atoms with Gasteiger partial charge in [0.15, 0.2) is 0 Å². The van der Waals surface area contributed by atoms with Crippen LogP contribution in [0.2, 0.25) is 0 Å². The number of fused-ring (bicyclic) bond motifs is 1. The number of rotatable bonds is 3. The Morgan fingerprint density at radius 3 is 2.40 bits per heavy atom. The van der Waals surface area contributed by atoms with Crippen molar-refractivity contribution in [2.75, 3.05) is 10.2 Å². The summed E-state index contributed by atoms with van der Waals surface area (Å²) < 4.78 is 0.969. The number of nitrogens with one attached hydrogen (secondary N) is 1. The van der Waals surface area contributed by atoms with Crippen LogP contribution in [0.15, 0.2) is 77.3 Å². The molecule has 124 valence electrons. The predicted octanol–water partition coefficient (Wildman–Crippen LogP) is 5.53. The Labute approximate surface area is 155 Å². The first-order chi connectivity index (χ1) is 12.2. The van der Waals surface area contributed by atoms with Crippen molar-refractivity contribution in [3.63, 3.8) is 0 Å². The maximum atomic E-state index is 13.1. The Bertz CT molecular complexity index is 954. The van der Waals surface area contributed by atoms with Gasteiger partial charge in [0.2, 0.25) is 0 Å². The first kappa shape index (κ1) is 15.9. The molecule has 25 heavy (non-hydrogen) atoms. The van der Waals surface area contributed by atoms with E-state index >= 15 is 0 Å². The molecule has 3 aromatic rings. The highest BCUT2D eigenvalue weighted by Crippen LogP contribution is 2.40. The molecule has 1 N–H and O–H groups in total. The molecule has 4 rings (SSSR count). The average molecular weight is 393 g/mol. The first-order valence-corrected chi connectivity index (χ1v) is 8.95. The number of halogens is 1. The van der Waals surface area contributed by atoms with Crippen LogP contribution >= 0.6 is 15.9 Å². The van der Waals surface area contributed by atoms with Gasteiger partial charge in [0.1, 0.15) is 6.17 Å². The van der Waals surface area contributed by atoms with E-state index < -0.39 is 0 Å². The van der Waals surface area contributed by atoms with Crippen molar-refractivity contribution in [1.29, 1.82) is 0 Å². The molecule has 1 heterocycles. The highest BCUT2D eigenvalue weighted by molar-refractivity contribution is 9.10. The lowest BCUT2D eigenvalue weighted by atomic mass is 10.1. The second-order valence-electron chi connectivity index (χ2n) is 6.08. The molecule has 4 heteroatoms. The monoisotopic (exact) mass is 392 g/mol. The third-order valence-electron chi connectivity index (χ3n) is 4.50.